The highest BCUT2D eigenvalue weighted by molar-refractivity contribution is 6.31. The van der Waals surface area contributed by atoms with Gasteiger partial charge in [-0.15, -0.1) is 0 Å². The maximum absolute atomic E-state index is 12.5. The van der Waals surface area contributed by atoms with Gasteiger partial charge in [-0.25, -0.2) is 4.79 Å². The Bertz CT molecular complexity index is 540. The van der Waals surface area contributed by atoms with Crippen molar-refractivity contribution in [1.29, 1.82) is 0 Å². The van der Waals surface area contributed by atoms with Crippen LogP contribution in [-0.2, 0) is 15.8 Å². The van der Waals surface area contributed by atoms with Crippen LogP contribution in [0.1, 0.15) is 5.56 Å². The van der Waals surface area contributed by atoms with Gasteiger partial charge in [-0.3, -0.25) is 4.79 Å². The number of alkyl halides is 3. The maximum atomic E-state index is 12.5. The summed E-state index contributed by atoms with van der Waals surface area (Å²) in [5.41, 5.74) is -1.23. The second-order valence-corrected chi connectivity index (χ2v) is 3.76. The van der Waals surface area contributed by atoms with Gasteiger partial charge in [-0.2, -0.15) is 13.2 Å². The molecule has 0 radical (unpaired) electrons. The summed E-state index contributed by atoms with van der Waals surface area (Å²) >= 11 is 5.40. The molecule has 0 aliphatic heterocycles. The van der Waals surface area contributed by atoms with Crippen molar-refractivity contribution in [2.45, 2.75) is 6.18 Å². The Morgan fingerprint density at radius 1 is 1.26 bits per heavy atom. The zero-order valence-electron chi connectivity index (χ0n) is 9.16. The van der Waals surface area contributed by atoms with E-state index in [1.807, 2.05) is 0 Å². The Morgan fingerprint density at radius 3 is 2.42 bits per heavy atom. The van der Waals surface area contributed by atoms with Crippen molar-refractivity contribution in [2.75, 3.05) is 5.32 Å². The van der Waals surface area contributed by atoms with E-state index in [0.717, 1.165) is 6.07 Å². The van der Waals surface area contributed by atoms with Crippen LogP contribution in [0.5, 0.6) is 0 Å². The molecule has 1 aromatic rings. The number of carbonyl (C=O) groups is 2. The monoisotopic (exact) mass is 293 g/mol. The summed E-state index contributed by atoms with van der Waals surface area (Å²) < 4.78 is 37.6. The summed E-state index contributed by atoms with van der Waals surface area (Å²) in [5.74, 6) is -2.21. The predicted molar refractivity (Wildman–Crippen MR) is 61.9 cm³/mol. The number of aliphatic carboxylic acids is 1. The minimum Gasteiger partial charge on any atom is -0.478 e. The van der Waals surface area contributed by atoms with Gasteiger partial charge in [0.1, 0.15) is 0 Å². The molecular formula is C11H7ClF3NO3. The smallest absolute Gasteiger partial charge is 0.417 e. The van der Waals surface area contributed by atoms with Gasteiger partial charge < -0.3 is 10.4 Å². The fourth-order valence-electron chi connectivity index (χ4n) is 1.15. The van der Waals surface area contributed by atoms with Crippen LogP contribution in [0.4, 0.5) is 18.9 Å². The normalized spacial score (nSPS) is 11.6. The molecule has 8 heteroatoms. The van der Waals surface area contributed by atoms with Crippen molar-refractivity contribution >= 4 is 29.2 Å². The first-order chi connectivity index (χ1) is 8.70. The largest absolute Gasteiger partial charge is 0.478 e. The molecule has 2 N–H and O–H groups in total. The van der Waals surface area contributed by atoms with E-state index < -0.39 is 28.6 Å². The summed E-state index contributed by atoms with van der Waals surface area (Å²) in [5, 5.41) is 9.88. The van der Waals surface area contributed by atoms with Gasteiger partial charge in [0.05, 0.1) is 10.6 Å². The Labute approximate surface area is 110 Å². The minimum absolute atomic E-state index is 0.142. The molecule has 0 saturated heterocycles. The number of hydrogen-bond donors (Lipinski definition) is 2. The Balaban J connectivity index is 2.92. The van der Waals surface area contributed by atoms with E-state index in [1.54, 1.807) is 0 Å². The Kier molecular flexibility index (Phi) is 4.55. The van der Waals surface area contributed by atoms with E-state index in [1.165, 1.54) is 6.07 Å². The zero-order chi connectivity index (χ0) is 14.6. The highest BCUT2D eigenvalue weighted by Gasteiger charge is 2.33. The molecule has 0 heterocycles. The summed E-state index contributed by atoms with van der Waals surface area (Å²) in [6.07, 6.45) is -3.39. The van der Waals surface area contributed by atoms with E-state index in [0.29, 0.717) is 18.2 Å². The Morgan fingerprint density at radius 2 is 1.89 bits per heavy atom. The van der Waals surface area contributed by atoms with Crippen LogP contribution in [0.2, 0.25) is 5.02 Å². The number of hydrogen-bond acceptors (Lipinski definition) is 2. The standard InChI is InChI=1S/C11H7ClF3NO3/c12-8-2-1-6(5-7(8)11(13,14)15)16-9(17)3-4-10(18)19/h1-5H,(H,16,17)(H,18,19)/b4-3-. The van der Waals surface area contributed by atoms with Crippen LogP contribution in [0, 0.1) is 0 Å². The topological polar surface area (TPSA) is 66.4 Å². The van der Waals surface area contributed by atoms with E-state index in [9.17, 15) is 22.8 Å². The summed E-state index contributed by atoms with van der Waals surface area (Å²) in [7, 11) is 0. The van der Waals surface area contributed by atoms with Gasteiger partial charge in [0, 0.05) is 17.8 Å². The molecule has 0 fully saturated rings. The Hall–Kier alpha value is -2.02. The highest BCUT2D eigenvalue weighted by atomic mass is 35.5. The zero-order valence-corrected chi connectivity index (χ0v) is 9.92. The number of rotatable bonds is 3. The van der Waals surface area contributed by atoms with Gasteiger partial charge in [-0.1, -0.05) is 11.6 Å². The maximum Gasteiger partial charge on any atom is 0.417 e. The van der Waals surface area contributed by atoms with E-state index in [4.69, 9.17) is 16.7 Å². The third-order valence-corrected chi connectivity index (χ3v) is 2.25. The van der Waals surface area contributed by atoms with Crippen molar-refractivity contribution in [3.05, 3.63) is 40.9 Å². The molecule has 1 aromatic carbocycles. The predicted octanol–water partition coefficient (Wildman–Crippen LogP) is 2.94. The first-order valence-electron chi connectivity index (χ1n) is 4.79. The molecular weight excluding hydrogens is 287 g/mol. The van der Waals surface area contributed by atoms with Crippen LogP contribution < -0.4 is 5.32 Å². The van der Waals surface area contributed by atoms with E-state index in [2.05, 4.69) is 5.32 Å². The molecule has 0 aliphatic carbocycles. The number of amides is 1. The SMILES string of the molecule is O=C(O)/C=C\C(=O)Nc1ccc(Cl)c(C(F)(F)F)c1. The van der Waals surface area contributed by atoms with Crippen molar-refractivity contribution in [1.82, 2.24) is 0 Å². The average molecular weight is 294 g/mol. The molecule has 0 spiro atoms. The van der Waals surface area contributed by atoms with Gasteiger partial charge >= 0.3 is 12.1 Å². The lowest BCUT2D eigenvalue weighted by Gasteiger charge is -2.11. The lowest BCUT2D eigenvalue weighted by Crippen LogP contribution is -2.11. The second-order valence-electron chi connectivity index (χ2n) is 3.35. The molecule has 0 unspecified atom stereocenters. The molecule has 0 aromatic heterocycles. The van der Waals surface area contributed by atoms with Gasteiger partial charge in [0.15, 0.2) is 0 Å². The summed E-state index contributed by atoms with van der Waals surface area (Å²) in [4.78, 5) is 21.3. The third-order valence-electron chi connectivity index (χ3n) is 1.92. The lowest BCUT2D eigenvalue weighted by molar-refractivity contribution is -0.137. The van der Waals surface area contributed by atoms with Crippen LogP contribution >= 0.6 is 11.6 Å². The molecule has 0 aliphatic rings. The number of carboxylic acid groups (broad SMARTS) is 1. The highest BCUT2D eigenvalue weighted by Crippen LogP contribution is 2.36. The minimum atomic E-state index is -4.64. The molecule has 0 atom stereocenters. The average Bonchev–Trinajstić information content (AvgIpc) is 2.27. The summed E-state index contributed by atoms with van der Waals surface area (Å²) in [6.45, 7) is 0. The first-order valence-corrected chi connectivity index (χ1v) is 5.16. The van der Waals surface area contributed by atoms with Crippen molar-refractivity contribution in [3.63, 3.8) is 0 Å². The molecule has 1 rings (SSSR count). The number of halogens is 4. The molecule has 0 saturated carbocycles. The van der Waals surface area contributed by atoms with Crippen LogP contribution in [0.3, 0.4) is 0 Å². The third kappa shape index (κ3) is 4.63. The molecule has 19 heavy (non-hydrogen) atoms. The number of carbonyl (C=O) groups excluding carboxylic acids is 1. The summed E-state index contributed by atoms with van der Waals surface area (Å²) in [6, 6.07) is 2.82. The molecule has 0 bridgehead atoms. The quantitative estimate of drug-likeness (QED) is 0.842. The van der Waals surface area contributed by atoms with Gasteiger partial charge in [0.2, 0.25) is 5.91 Å². The van der Waals surface area contributed by atoms with E-state index >= 15 is 0 Å². The first kappa shape index (κ1) is 15.0. The van der Waals surface area contributed by atoms with E-state index in [-0.39, 0.29) is 5.69 Å². The molecule has 4 nitrogen and oxygen atoms in total. The van der Waals surface area contributed by atoms with Crippen LogP contribution in [0.15, 0.2) is 30.4 Å². The van der Waals surface area contributed by atoms with Gasteiger partial charge in [-0.05, 0) is 18.2 Å². The van der Waals surface area contributed by atoms with Crippen LogP contribution in [0.25, 0.3) is 0 Å². The number of carboxylic acids is 1. The fraction of sp³-hybridized carbons (Fsp3) is 0.0909. The van der Waals surface area contributed by atoms with Crippen molar-refractivity contribution in [3.8, 4) is 0 Å². The second kappa shape index (κ2) is 5.75. The van der Waals surface area contributed by atoms with Crippen molar-refractivity contribution in [2.24, 2.45) is 0 Å². The molecule has 1 amide bonds. The van der Waals surface area contributed by atoms with Gasteiger partial charge in [0.25, 0.3) is 0 Å². The fourth-order valence-corrected chi connectivity index (χ4v) is 1.38. The number of anilines is 1. The van der Waals surface area contributed by atoms with Crippen LogP contribution in [-0.4, -0.2) is 17.0 Å². The van der Waals surface area contributed by atoms with Crippen molar-refractivity contribution < 1.29 is 27.9 Å². The molecule has 102 valence electrons. The lowest BCUT2D eigenvalue weighted by atomic mass is 10.2. The number of nitrogens with one attached hydrogen (secondary N) is 1. The number of benzene rings is 1.